The van der Waals surface area contributed by atoms with Crippen molar-refractivity contribution in [1.82, 2.24) is 0 Å². The number of benzene rings is 2. The molecule has 0 unspecified atom stereocenters. The SMILES string of the molecule is CC(C)(c1ccc(O)cc1)c1ccc(O)cc1.[Au]. The van der Waals surface area contributed by atoms with Gasteiger partial charge in [0.2, 0.25) is 0 Å². The Morgan fingerprint density at radius 2 is 0.944 bits per heavy atom. The van der Waals surface area contributed by atoms with Crippen LogP contribution in [0.3, 0.4) is 0 Å². The van der Waals surface area contributed by atoms with Crippen LogP contribution in [0.2, 0.25) is 0 Å². The van der Waals surface area contributed by atoms with Gasteiger partial charge in [-0.05, 0) is 35.4 Å². The summed E-state index contributed by atoms with van der Waals surface area (Å²) in [5.41, 5.74) is 2.10. The van der Waals surface area contributed by atoms with Gasteiger partial charge in [0, 0.05) is 27.8 Å². The van der Waals surface area contributed by atoms with Crippen LogP contribution in [0, 0.1) is 0 Å². The minimum Gasteiger partial charge on any atom is -0.508 e. The first-order valence-electron chi connectivity index (χ1n) is 5.59. The molecule has 0 saturated heterocycles. The fourth-order valence-corrected chi connectivity index (χ4v) is 1.92. The van der Waals surface area contributed by atoms with Crippen molar-refractivity contribution in [2.24, 2.45) is 0 Å². The first-order chi connectivity index (χ1) is 8.00. The van der Waals surface area contributed by atoms with Gasteiger partial charge < -0.3 is 10.2 Å². The van der Waals surface area contributed by atoms with Crippen LogP contribution >= 0.6 is 0 Å². The van der Waals surface area contributed by atoms with Crippen LogP contribution in [0.15, 0.2) is 48.5 Å². The number of phenolic OH excluding ortho intramolecular Hbond substituents is 2. The van der Waals surface area contributed by atoms with Crippen LogP contribution < -0.4 is 0 Å². The van der Waals surface area contributed by atoms with Gasteiger partial charge in [0.05, 0.1) is 0 Å². The third-order valence-electron chi connectivity index (χ3n) is 3.18. The zero-order chi connectivity index (χ0) is 12.5. The average Bonchev–Trinajstić information content (AvgIpc) is 2.30. The molecule has 0 aliphatic heterocycles. The van der Waals surface area contributed by atoms with E-state index in [4.69, 9.17) is 0 Å². The van der Waals surface area contributed by atoms with Crippen LogP contribution in [0.4, 0.5) is 0 Å². The van der Waals surface area contributed by atoms with Gasteiger partial charge in [-0.2, -0.15) is 0 Å². The zero-order valence-corrected chi connectivity index (χ0v) is 12.5. The van der Waals surface area contributed by atoms with Crippen molar-refractivity contribution >= 4 is 0 Å². The Labute approximate surface area is 123 Å². The minimum absolute atomic E-state index is 0. The van der Waals surface area contributed by atoms with Gasteiger partial charge in [0.25, 0.3) is 0 Å². The monoisotopic (exact) mass is 425 g/mol. The third-order valence-corrected chi connectivity index (χ3v) is 3.18. The number of rotatable bonds is 2. The van der Waals surface area contributed by atoms with E-state index in [0.717, 1.165) is 11.1 Å². The molecule has 18 heavy (non-hydrogen) atoms. The van der Waals surface area contributed by atoms with Crippen molar-refractivity contribution in [1.29, 1.82) is 0 Å². The summed E-state index contributed by atoms with van der Waals surface area (Å²) < 4.78 is 0. The van der Waals surface area contributed by atoms with Gasteiger partial charge in [-0.1, -0.05) is 38.1 Å². The van der Waals surface area contributed by atoms with E-state index in [2.05, 4.69) is 13.8 Å². The van der Waals surface area contributed by atoms with Crippen molar-refractivity contribution < 1.29 is 32.6 Å². The Bertz CT molecular complexity index is 454. The smallest absolute Gasteiger partial charge is 0.115 e. The maximum atomic E-state index is 9.30. The van der Waals surface area contributed by atoms with Crippen molar-refractivity contribution in [2.45, 2.75) is 19.3 Å². The van der Waals surface area contributed by atoms with Crippen LogP contribution in [-0.2, 0) is 27.8 Å². The predicted molar refractivity (Wildman–Crippen MR) is 68.3 cm³/mol. The van der Waals surface area contributed by atoms with Crippen molar-refractivity contribution in [3.63, 3.8) is 0 Å². The molecule has 0 aliphatic carbocycles. The van der Waals surface area contributed by atoms with Crippen LogP contribution in [-0.4, -0.2) is 10.2 Å². The second kappa shape index (κ2) is 5.61. The Balaban J connectivity index is 0.00000162. The Hall–Kier alpha value is -1.22. The van der Waals surface area contributed by atoms with Crippen molar-refractivity contribution in [3.8, 4) is 11.5 Å². The molecule has 0 amide bonds. The molecule has 0 saturated carbocycles. The number of hydrogen-bond acceptors (Lipinski definition) is 2. The predicted octanol–water partition coefficient (Wildman–Crippen LogP) is 3.42. The van der Waals surface area contributed by atoms with E-state index in [9.17, 15) is 10.2 Å². The molecule has 0 atom stereocenters. The largest absolute Gasteiger partial charge is 0.508 e. The maximum Gasteiger partial charge on any atom is 0.115 e. The molecular formula is C15H16AuO2. The zero-order valence-electron chi connectivity index (χ0n) is 10.3. The first-order valence-corrected chi connectivity index (χ1v) is 5.59. The van der Waals surface area contributed by atoms with Gasteiger partial charge in [0.1, 0.15) is 11.5 Å². The fraction of sp³-hybridized carbons (Fsp3) is 0.200. The Morgan fingerprint density at radius 1 is 0.667 bits per heavy atom. The second-order valence-corrected chi connectivity index (χ2v) is 4.72. The molecule has 2 aromatic carbocycles. The molecule has 2 nitrogen and oxygen atoms in total. The van der Waals surface area contributed by atoms with Crippen LogP contribution in [0.5, 0.6) is 11.5 Å². The van der Waals surface area contributed by atoms with E-state index >= 15 is 0 Å². The van der Waals surface area contributed by atoms with Gasteiger partial charge >= 0.3 is 0 Å². The Kier molecular flexibility index (Phi) is 4.63. The number of hydrogen-bond donors (Lipinski definition) is 2. The molecule has 1 radical (unpaired) electrons. The Morgan fingerprint density at radius 3 is 1.22 bits per heavy atom. The summed E-state index contributed by atoms with van der Waals surface area (Å²) in [6, 6.07) is 14.4. The van der Waals surface area contributed by atoms with Crippen molar-refractivity contribution in [2.75, 3.05) is 0 Å². The maximum absolute atomic E-state index is 9.30. The van der Waals surface area contributed by atoms with Gasteiger partial charge in [-0.3, -0.25) is 0 Å². The van der Waals surface area contributed by atoms with E-state index in [1.807, 2.05) is 24.3 Å². The summed E-state index contributed by atoms with van der Waals surface area (Å²) in [5.74, 6) is 0.547. The van der Waals surface area contributed by atoms with Gasteiger partial charge in [0.15, 0.2) is 0 Å². The van der Waals surface area contributed by atoms with Crippen LogP contribution in [0.25, 0.3) is 0 Å². The van der Waals surface area contributed by atoms with E-state index in [1.54, 1.807) is 24.3 Å². The molecular weight excluding hydrogens is 409 g/mol. The quantitative estimate of drug-likeness (QED) is 0.725. The molecule has 0 heterocycles. The molecule has 2 rings (SSSR count). The molecule has 2 aromatic rings. The molecule has 0 aromatic heterocycles. The molecule has 0 fully saturated rings. The molecule has 0 aliphatic rings. The van der Waals surface area contributed by atoms with Crippen LogP contribution in [0.1, 0.15) is 25.0 Å². The molecule has 3 heteroatoms. The van der Waals surface area contributed by atoms with E-state index < -0.39 is 0 Å². The normalized spacial score (nSPS) is 10.8. The summed E-state index contributed by atoms with van der Waals surface area (Å²) in [4.78, 5) is 0. The first kappa shape index (κ1) is 14.8. The number of aromatic hydroxyl groups is 2. The van der Waals surface area contributed by atoms with E-state index in [0.29, 0.717) is 0 Å². The molecule has 99 valence electrons. The van der Waals surface area contributed by atoms with E-state index in [1.165, 1.54) is 0 Å². The topological polar surface area (TPSA) is 40.5 Å². The summed E-state index contributed by atoms with van der Waals surface area (Å²) in [7, 11) is 0. The molecule has 0 bridgehead atoms. The second-order valence-electron chi connectivity index (χ2n) is 4.72. The molecule has 2 N–H and O–H groups in total. The third kappa shape index (κ3) is 2.96. The summed E-state index contributed by atoms with van der Waals surface area (Å²) in [6.07, 6.45) is 0. The van der Waals surface area contributed by atoms with Gasteiger partial charge in [-0.25, -0.2) is 0 Å². The minimum atomic E-state index is -0.151. The molecule has 0 spiro atoms. The summed E-state index contributed by atoms with van der Waals surface area (Å²) >= 11 is 0. The summed E-state index contributed by atoms with van der Waals surface area (Å²) in [6.45, 7) is 4.23. The number of phenols is 2. The van der Waals surface area contributed by atoms with Crippen molar-refractivity contribution in [3.05, 3.63) is 59.7 Å². The average molecular weight is 425 g/mol. The summed E-state index contributed by atoms with van der Waals surface area (Å²) in [5, 5.41) is 18.6. The standard InChI is InChI=1S/C15H16O2.Au/c1-15(2,11-3-7-13(16)8-4-11)12-5-9-14(17)10-6-12;/h3-10,16-17H,1-2H3;. The van der Waals surface area contributed by atoms with E-state index in [-0.39, 0.29) is 39.3 Å². The van der Waals surface area contributed by atoms with Gasteiger partial charge in [-0.15, -0.1) is 0 Å². The fourth-order valence-electron chi connectivity index (χ4n) is 1.92.